The summed E-state index contributed by atoms with van der Waals surface area (Å²) in [6.07, 6.45) is 3.39. The molecule has 8 nitrogen and oxygen atoms in total. The molecule has 2 aromatic heterocycles. The zero-order valence-electron chi connectivity index (χ0n) is 19.4. The second-order valence-electron chi connectivity index (χ2n) is 9.25. The van der Waals surface area contributed by atoms with E-state index in [-0.39, 0.29) is 18.1 Å². The topological polar surface area (TPSA) is 91.2 Å². The third-order valence-electron chi connectivity index (χ3n) is 4.94. The van der Waals surface area contributed by atoms with Gasteiger partial charge in [0.25, 0.3) is 0 Å². The Morgan fingerprint density at radius 3 is 2.79 bits per heavy atom. The van der Waals surface area contributed by atoms with Crippen LogP contribution in [0.3, 0.4) is 0 Å². The van der Waals surface area contributed by atoms with E-state index in [4.69, 9.17) is 21.1 Å². The zero-order valence-corrected chi connectivity index (χ0v) is 21.0. The highest BCUT2D eigenvalue weighted by Gasteiger charge is 2.28. The number of carbonyl (C=O) groups is 1. The zero-order chi connectivity index (χ0) is 23.8. The molecule has 176 valence electrons. The van der Waals surface area contributed by atoms with Crippen LogP contribution in [-0.4, -0.2) is 43.7 Å². The first-order valence-corrected chi connectivity index (χ1v) is 12.1. The van der Waals surface area contributed by atoms with Gasteiger partial charge in [-0.2, -0.15) is 5.10 Å². The van der Waals surface area contributed by atoms with E-state index in [1.807, 2.05) is 59.0 Å². The molecule has 3 aromatic rings. The van der Waals surface area contributed by atoms with Gasteiger partial charge in [0.1, 0.15) is 22.4 Å². The van der Waals surface area contributed by atoms with Gasteiger partial charge in [-0.15, -0.1) is 10.2 Å². The summed E-state index contributed by atoms with van der Waals surface area (Å²) in [7, 11) is 0. The first kappa shape index (κ1) is 23.7. The maximum atomic E-state index is 12.4. The normalized spacial score (nSPS) is 16.4. The van der Waals surface area contributed by atoms with Crippen LogP contribution in [0.25, 0.3) is 15.7 Å². The first-order chi connectivity index (χ1) is 15.6. The first-order valence-electron chi connectivity index (χ1n) is 10.9. The van der Waals surface area contributed by atoms with Crippen molar-refractivity contribution in [3.8, 4) is 21.5 Å². The second-order valence-corrected chi connectivity index (χ2v) is 10.6. The van der Waals surface area contributed by atoms with E-state index in [0.717, 1.165) is 28.2 Å². The van der Waals surface area contributed by atoms with Gasteiger partial charge in [-0.25, -0.2) is 4.68 Å². The van der Waals surface area contributed by atoms with Crippen LogP contribution in [0.2, 0.25) is 5.02 Å². The number of fused-ring (bicyclic) bond motifs is 1. The predicted octanol–water partition coefficient (Wildman–Crippen LogP) is 4.58. The van der Waals surface area contributed by atoms with Crippen molar-refractivity contribution >= 4 is 28.9 Å². The van der Waals surface area contributed by atoms with Crippen LogP contribution in [0.5, 0.6) is 5.75 Å². The van der Waals surface area contributed by atoms with Crippen LogP contribution in [0, 0.1) is 0 Å². The highest BCUT2D eigenvalue weighted by atomic mass is 35.5. The number of halogens is 1. The molecule has 1 aromatic carbocycles. The Labute approximate surface area is 202 Å². The molecule has 0 aliphatic carbocycles. The lowest BCUT2D eigenvalue weighted by atomic mass is 10.1. The Hall–Kier alpha value is -2.49. The highest BCUT2D eigenvalue weighted by Crippen LogP contribution is 2.33. The Balaban J connectivity index is 1.47. The number of benzene rings is 1. The van der Waals surface area contributed by atoms with Crippen molar-refractivity contribution in [2.75, 3.05) is 0 Å². The van der Waals surface area contributed by atoms with E-state index in [2.05, 4.69) is 20.6 Å². The Kier molecular flexibility index (Phi) is 6.74. The number of nitrogens with zero attached hydrogens (tertiary/aromatic N) is 4. The van der Waals surface area contributed by atoms with Gasteiger partial charge in [0, 0.05) is 18.3 Å². The van der Waals surface area contributed by atoms with Crippen molar-refractivity contribution in [1.82, 2.24) is 25.3 Å². The lowest BCUT2D eigenvalue weighted by Gasteiger charge is -2.23. The maximum absolute atomic E-state index is 12.4. The molecule has 4 rings (SSSR count). The minimum atomic E-state index is -0.504. The van der Waals surface area contributed by atoms with Gasteiger partial charge in [-0.05, 0) is 71.2 Å². The summed E-state index contributed by atoms with van der Waals surface area (Å²) >= 11 is 7.81. The lowest BCUT2D eigenvalue weighted by Crippen LogP contribution is -2.40. The third-order valence-corrected chi connectivity index (χ3v) is 6.20. The number of hydrogen-bond acceptors (Lipinski definition) is 8. The molecule has 3 heterocycles. The van der Waals surface area contributed by atoms with Crippen LogP contribution in [0.1, 0.15) is 52.3 Å². The average molecular weight is 490 g/mol. The molecule has 0 amide bonds. The fourth-order valence-electron chi connectivity index (χ4n) is 3.50. The van der Waals surface area contributed by atoms with Crippen molar-refractivity contribution in [1.29, 1.82) is 0 Å². The number of ether oxygens (including phenoxy) is 2. The van der Waals surface area contributed by atoms with Gasteiger partial charge >= 0.3 is 5.97 Å². The lowest BCUT2D eigenvalue weighted by molar-refractivity contribution is -0.157. The van der Waals surface area contributed by atoms with Crippen LogP contribution < -0.4 is 10.1 Å². The van der Waals surface area contributed by atoms with Crippen molar-refractivity contribution in [2.45, 2.75) is 71.8 Å². The average Bonchev–Trinajstić information content (AvgIpc) is 3.31. The number of aryl methyl sites for hydroxylation is 1. The summed E-state index contributed by atoms with van der Waals surface area (Å²) in [5.74, 6) is 0.422. The molecule has 1 aliphatic heterocycles. The standard InChI is InChI=1S/C23H28ClN5O3S/c1-13(2)31-19-9-7-14(10-16(19)24)20-26-27-22(33-20)29-12-15-6-8-17(25-11-18(15)28-29)21(30)32-23(3,4)5/h7,9-10,12-13,17,25H,6,8,11H2,1-5H3. The molecule has 1 unspecified atom stereocenters. The quantitative estimate of drug-likeness (QED) is 0.524. The van der Waals surface area contributed by atoms with Gasteiger partial charge in [0.2, 0.25) is 5.13 Å². The van der Waals surface area contributed by atoms with Gasteiger partial charge in [0.05, 0.1) is 16.8 Å². The molecular weight excluding hydrogens is 462 g/mol. The van der Waals surface area contributed by atoms with Crippen LogP contribution >= 0.6 is 22.9 Å². The molecule has 0 radical (unpaired) electrons. The van der Waals surface area contributed by atoms with E-state index in [9.17, 15) is 4.79 Å². The van der Waals surface area contributed by atoms with Crippen LogP contribution in [-0.2, 0) is 22.5 Å². The van der Waals surface area contributed by atoms with Crippen molar-refractivity contribution in [2.24, 2.45) is 0 Å². The van der Waals surface area contributed by atoms with Crippen molar-refractivity contribution in [3.05, 3.63) is 40.7 Å². The van der Waals surface area contributed by atoms with Gasteiger partial charge in [0.15, 0.2) is 0 Å². The number of nitrogens with one attached hydrogen (secondary N) is 1. The fraction of sp³-hybridized carbons (Fsp3) is 0.478. The molecule has 0 spiro atoms. The van der Waals surface area contributed by atoms with E-state index < -0.39 is 5.60 Å². The molecular formula is C23H28ClN5O3S. The summed E-state index contributed by atoms with van der Waals surface area (Å²) in [6.45, 7) is 10.0. The predicted molar refractivity (Wildman–Crippen MR) is 128 cm³/mol. The Morgan fingerprint density at radius 1 is 1.30 bits per heavy atom. The molecule has 1 N–H and O–H groups in total. The van der Waals surface area contributed by atoms with E-state index in [0.29, 0.717) is 28.9 Å². The van der Waals surface area contributed by atoms with Crippen LogP contribution in [0.15, 0.2) is 24.4 Å². The van der Waals surface area contributed by atoms with E-state index in [1.165, 1.54) is 11.3 Å². The summed E-state index contributed by atoms with van der Waals surface area (Å²) in [6, 6.07) is 5.27. The molecule has 0 fully saturated rings. The molecule has 0 bridgehead atoms. The van der Waals surface area contributed by atoms with E-state index in [1.54, 1.807) is 4.68 Å². The number of rotatable bonds is 5. The fourth-order valence-corrected chi connectivity index (χ4v) is 4.50. The van der Waals surface area contributed by atoms with Crippen LogP contribution in [0.4, 0.5) is 0 Å². The molecule has 10 heteroatoms. The molecule has 0 saturated carbocycles. The van der Waals surface area contributed by atoms with Crippen molar-refractivity contribution in [3.63, 3.8) is 0 Å². The number of esters is 1. The van der Waals surface area contributed by atoms with E-state index >= 15 is 0 Å². The third kappa shape index (κ3) is 5.72. The Bertz CT molecular complexity index is 1130. The smallest absolute Gasteiger partial charge is 0.323 e. The second kappa shape index (κ2) is 9.40. The molecule has 0 saturated heterocycles. The molecule has 1 atom stereocenters. The maximum Gasteiger partial charge on any atom is 0.323 e. The van der Waals surface area contributed by atoms with Gasteiger partial charge in [-0.3, -0.25) is 10.1 Å². The number of hydrogen-bond donors (Lipinski definition) is 1. The summed E-state index contributed by atoms with van der Waals surface area (Å²) in [4.78, 5) is 12.4. The van der Waals surface area contributed by atoms with Crippen molar-refractivity contribution < 1.29 is 14.3 Å². The number of aromatic nitrogens is 4. The highest BCUT2D eigenvalue weighted by molar-refractivity contribution is 7.17. The largest absolute Gasteiger partial charge is 0.489 e. The summed E-state index contributed by atoms with van der Waals surface area (Å²) in [5, 5.41) is 18.5. The number of carbonyl (C=O) groups excluding carboxylic acids is 1. The molecule has 33 heavy (non-hydrogen) atoms. The minimum absolute atomic E-state index is 0.0467. The SMILES string of the molecule is CC(C)Oc1ccc(-c2nnc(-n3cc4c(n3)CNC(C(=O)OC(C)(C)C)CC4)s2)cc1Cl. The minimum Gasteiger partial charge on any atom is -0.489 e. The molecule has 1 aliphatic rings. The summed E-state index contributed by atoms with van der Waals surface area (Å²) in [5.41, 5.74) is 2.35. The monoisotopic (exact) mass is 489 g/mol. The Morgan fingerprint density at radius 2 is 2.09 bits per heavy atom. The summed E-state index contributed by atoms with van der Waals surface area (Å²) < 4.78 is 13.0. The van der Waals surface area contributed by atoms with Gasteiger partial charge < -0.3 is 9.47 Å². The van der Waals surface area contributed by atoms with Gasteiger partial charge in [-0.1, -0.05) is 22.9 Å².